The van der Waals surface area contributed by atoms with Crippen LogP contribution >= 0.6 is 0 Å². The van der Waals surface area contributed by atoms with E-state index in [-0.39, 0.29) is 5.78 Å². The largest absolute Gasteiger partial charge is 0.410 e. The van der Waals surface area contributed by atoms with Gasteiger partial charge in [0.05, 0.1) is 0 Å². The molecule has 0 bridgehead atoms. The summed E-state index contributed by atoms with van der Waals surface area (Å²) in [5.41, 5.74) is 0. The number of Topliss-reactive ketones (excluding diaryl/α,β-unsaturated/α-hetero) is 1. The van der Waals surface area contributed by atoms with E-state index in [1.807, 2.05) is 0 Å². The van der Waals surface area contributed by atoms with Gasteiger partial charge in [-0.2, -0.15) is 0 Å². The maximum Gasteiger partial charge on any atom is 0.410 e. The Balaban J connectivity index is 4.27. The van der Waals surface area contributed by atoms with Gasteiger partial charge in [-0.05, 0) is 6.92 Å². The molecule has 0 rings (SSSR count). The van der Waals surface area contributed by atoms with Crippen LogP contribution in [0.25, 0.3) is 0 Å². The van der Waals surface area contributed by atoms with Crippen LogP contribution in [0.1, 0.15) is 20.8 Å². The maximum absolute atomic E-state index is 11.0. The van der Waals surface area contributed by atoms with Crippen molar-refractivity contribution < 1.29 is 19.1 Å². The first-order valence-corrected chi connectivity index (χ1v) is 3.99. The Morgan fingerprint density at radius 3 is 2.31 bits per heavy atom. The Bertz CT molecular complexity index is 204. The summed E-state index contributed by atoms with van der Waals surface area (Å²) in [7, 11) is 1.31. The molecular weight excluding hydrogens is 174 g/mol. The standard InChI is InChI=1S/C8H15NO4/c1-5-9-7(11)13-8(3,12-4)6(2)10/h5H2,1-4H3,(H,9,11). The number of ketones is 1. The number of hydrogen-bond acceptors (Lipinski definition) is 4. The third-order valence-corrected chi connectivity index (χ3v) is 1.64. The Morgan fingerprint density at radius 1 is 1.46 bits per heavy atom. The molecule has 1 amide bonds. The average molecular weight is 189 g/mol. The lowest BCUT2D eigenvalue weighted by Gasteiger charge is -2.24. The van der Waals surface area contributed by atoms with E-state index in [1.165, 1.54) is 21.0 Å². The van der Waals surface area contributed by atoms with Crippen molar-refractivity contribution in [2.75, 3.05) is 13.7 Å². The normalized spacial score (nSPS) is 14.5. The Hall–Kier alpha value is -1.10. The van der Waals surface area contributed by atoms with Gasteiger partial charge >= 0.3 is 6.09 Å². The van der Waals surface area contributed by atoms with Crippen molar-refractivity contribution in [3.63, 3.8) is 0 Å². The van der Waals surface area contributed by atoms with Crippen molar-refractivity contribution in [2.24, 2.45) is 0 Å². The quantitative estimate of drug-likeness (QED) is 0.660. The SMILES string of the molecule is CCNC(=O)OC(C)(OC)C(C)=O. The zero-order valence-corrected chi connectivity index (χ0v) is 8.34. The van der Waals surface area contributed by atoms with Crippen LogP contribution in [0.2, 0.25) is 0 Å². The zero-order chi connectivity index (χ0) is 10.5. The highest BCUT2D eigenvalue weighted by Gasteiger charge is 2.33. The number of nitrogens with one attached hydrogen (secondary N) is 1. The fourth-order valence-corrected chi connectivity index (χ4v) is 0.615. The number of methoxy groups -OCH3 is 1. The van der Waals surface area contributed by atoms with Crippen LogP contribution in [-0.4, -0.2) is 31.3 Å². The molecule has 0 saturated carbocycles. The van der Waals surface area contributed by atoms with E-state index in [2.05, 4.69) is 5.32 Å². The third kappa shape index (κ3) is 3.42. The van der Waals surface area contributed by atoms with Crippen molar-refractivity contribution in [2.45, 2.75) is 26.6 Å². The van der Waals surface area contributed by atoms with Crippen LogP contribution in [0.3, 0.4) is 0 Å². The van der Waals surface area contributed by atoms with Gasteiger partial charge in [-0.25, -0.2) is 4.79 Å². The summed E-state index contributed by atoms with van der Waals surface area (Å²) in [6.45, 7) is 4.88. The first-order valence-electron chi connectivity index (χ1n) is 3.99. The lowest BCUT2D eigenvalue weighted by molar-refractivity contribution is -0.184. The van der Waals surface area contributed by atoms with E-state index < -0.39 is 11.9 Å². The van der Waals surface area contributed by atoms with Gasteiger partial charge in [0.15, 0.2) is 0 Å². The monoisotopic (exact) mass is 189 g/mol. The number of ether oxygens (including phenoxy) is 2. The molecule has 76 valence electrons. The van der Waals surface area contributed by atoms with Gasteiger partial charge < -0.3 is 14.8 Å². The fourth-order valence-electron chi connectivity index (χ4n) is 0.615. The number of carbonyl (C=O) groups is 2. The molecule has 1 N–H and O–H groups in total. The second-order valence-electron chi connectivity index (χ2n) is 2.63. The minimum absolute atomic E-state index is 0.360. The molecule has 0 aromatic heterocycles. The first-order chi connectivity index (χ1) is 5.96. The average Bonchev–Trinajstić information content (AvgIpc) is 2.04. The topological polar surface area (TPSA) is 64.6 Å². The summed E-state index contributed by atoms with van der Waals surface area (Å²) >= 11 is 0. The van der Waals surface area contributed by atoms with E-state index >= 15 is 0 Å². The lowest BCUT2D eigenvalue weighted by atomic mass is 10.2. The smallest absolute Gasteiger partial charge is 0.409 e. The molecule has 0 aliphatic heterocycles. The molecule has 0 aliphatic rings. The number of alkyl carbamates (subject to hydrolysis) is 1. The number of carbonyl (C=O) groups excluding carboxylic acids is 2. The van der Waals surface area contributed by atoms with Crippen LogP contribution in [0, 0.1) is 0 Å². The summed E-state index contributed by atoms with van der Waals surface area (Å²) in [6.07, 6.45) is -0.665. The molecule has 0 saturated heterocycles. The molecule has 0 radical (unpaired) electrons. The summed E-state index contributed by atoms with van der Waals surface area (Å²) < 4.78 is 9.55. The molecule has 0 aromatic rings. The van der Waals surface area contributed by atoms with E-state index in [4.69, 9.17) is 9.47 Å². The first kappa shape index (κ1) is 11.9. The van der Waals surface area contributed by atoms with Gasteiger partial charge in [0, 0.05) is 27.5 Å². The molecule has 1 atom stereocenters. The summed E-state index contributed by atoms with van der Waals surface area (Å²) in [6, 6.07) is 0. The summed E-state index contributed by atoms with van der Waals surface area (Å²) in [4.78, 5) is 22.0. The van der Waals surface area contributed by atoms with Crippen molar-refractivity contribution >= 4 is 11.9 Å². The maximum atomic E-state index is 11.0. The minimum Gasteiger partial charge on any atom is -0.409 e. The summed E-state index contributed by atoms with van der Waals surface area (Å²) in [5.74, 6) is -1.85. The van der Waals surface area contributed by atoms with Gasteiger partial charge in [0.25, 0.3) is 5.79 Å². The Morgan fingerprint density at radius 2 is 2.00 bits per heavy atom. The molecular formula is C8H15NO4. The van der Waals surface area contributed by atoms with E-state index in [0.29, 0.717) is 6.54 Å². The van der Waals surface area contributed by atoms with E-state index in [9.17, 15) is 9.59 Å². The second-order valence-corrected chi connectivity index (χ2v) is 2.63. The molecule has 0 aromatic carbocycles. The van der Waals surface area contributed by atoms with Crippen LogP contribution in [0.15, 0.2) is 0 Å². The molecule has 5 nitrogen and oxygen atoms in total. The van der Waals surface area contributed by atoms with E-state index in [0.717, 1.165) is 0 Å². The highest BCUT2D eigenvalue weighted by Crippen LogP contribution is 2.12. The molecule has 5 heteroatoms. The summed E-state index contributed by atoms with van der Waals surface area (Å²) in [5, 5.41) is 2.40. The molecule has 1 unspecified atom stereocenters. The van der Waals surface area contributed by atoms with Gasteiger partial charge in [-0.1, -0.05) is 0 Å². The van der Waals surface area contributed by atoms with Gasteiger partial charge in [-0.15, -0.1) is 0 Å². The van der Waals surface area contributed by atoms with Crippen LogP contribution in [0.4, 0.5) is 4.79 Å². The van der Waals surface area contributed by atoms with Gasteiger partial charge in [0.1, 0.15) is 0 Å². The van der Waals surface area contributed by atoms with Crippen molar-refractivity contribution in [3.05, 3.63) is 0 Å². The molecule has 0 heterocycles. The Labute approximate surface area is 77.4 Å². The number of rotatable bonds is 4. The Kier molecular flexibility index (Phi) is 4.40. The van der Waals surface area contributed by atoms with Gasteiger partial charge in [0.2, 0.25) is 5.78 Å². The highest BCUT2D eigenvalue weighted by molar-refractivity contribution is 5.85. The molecule has 0 spiro atoms. The van der Waals surface area contributed by atoms with E-state index in [1.54, 1.807) is 6.92 Å². The fraction of sp³-hybridized carbons (Fsp3) is 0.750. The number of amides is 1. The minimum atomic E-state index is -1.49. The number of hydrogen-bond donors (Lipinski definition) is 1. The second kappa shape index (κ2) is 4.81. The van der Waals surface area contributed by atoms with Gasteiger partial charge in [-0.3, -0.25) is 4.79 Å². The molecule has 13 heavy (non-hydrogen) atoms. The molecule has 0 aliphatic carbocycles. The predicted octanol–water partition coefficient (Wildman–Crippen LogP) is 0.684. The van der Waals surface area contributed by atoms with Crippen LogP contribution < -0.4 is 5.32 Å². The predicted molar refractivity (Wildman–Crippen MR) is 46.3 cm³/mol. The van der Waals surface area contributed by atoms with Crippen molar-refractivity contribution in [1.82, 2.24) is 5.32 Å². The lowest BCUT2D eigenvalue weighted by Crippen LogP contribution is -2.43. The van der Waals surface area contributed by atoms with Crippen molar-refractivity contribution in [1.29, 1.82) is 0 Å². The zero-order valence-electron chi connectivity index (χ0n) is 8.34. The third-order valence-electron chi connectivity index (χ3n) is 1.64. The highest BCUT2D eigenvalue weighted by atomic mass is 16.7. The molecule has 0 fully saturated rings. The van der Waals surface area contributed by atoms with Crippen LogP contribution in [-0.2, 0) is 14.3 Å². The van der Waals surface area contributed by atoms with Crippen LogP contribution in [0.5, 0.6) is 0 Å². The van der Waals surface area contributed by atoms with Crippen molar-refractivity contribution in [3.8, 4) is 0 Å².